The molecule has 0 amide bonds. The predicted octanol–water partition coefficient (Wildman–Crippen LogP) is 1.62. The second-order valence-electron chi connectivity index (χ2n) is 4.83. The molecular formula is C13H18N2O. The highest BCUT2D eigenvalue weighted by atomic mass is 16.5. The Morgan fingerprint density at radius 2 is 2.19 bits per heavy atom. The zero-order valence-corrected chi connectivity index (χ0v) is 9.41. The lowest BCUT2D eigenvalue weighted by molar-refractivity contribution is 0.0214. The number of rotatable bonds is 2. The van der Waals surface area contributed by atoms with Gasteiger partial charge in [0.2, 0.25) is 0 Å². The molecule has 2 aliphatic rings. The molecule has 0 bridgehead atoms. The van der Waals surface area contributed by atoms with Crippen LogP contribution in [-0.2, 0) is 4.74 Å². The van der Waals surface area contributed by atoms with E-state index in [-0.39, 0.29) is 5.60 Å². The molecule has 0 aliphatic carbocycles. The van der Waals surface area contributed by atoms with Gasteiger partial charge in [-0.05, 0) is 25.1 Å². The Balaban J connectivity index is 1.62. The number of ether oxygens (including phenoxy) is 1. The van der Waals surface area contributed by atoms with Gasteiger partial charge in [-0.25, -0.2) is 0 Å². The molecule has 2 saturated heterocycles. The van der Waals surface area contributed by atoms with E-state index in [9.17, 15) is 0 Å². The Morgan fingerprint density at radius 1 is 1.31 bits per heavy atom. The normalized spacial score (nSPS) is 33.4. The monoisotopic (exact) mass is 218 g/mol. The summed E-state index contributed by atoms with van der Waals surface area (Å²) < 4.78 is 5.96. The smallest absolute Gasteiger partial charge is 0.0839 e. The van der Waals surface area contributed by atoms with Crippen LogP contribution in [0.2, 0.25) is 0 Å². The van der Waals surface area contributed by atoms with Crippen LogP contribution >= 0.6 is 0 Å². The lowest BCUT2D eigenvalue weighted by atomic mass is 9.97. The van der Waals surface area contributed by atoms with E-state index in [1.807, 2.05) is 6.07 Å². The molecule has 1 spiro atoms. The van der Waals surface area contributed by atoms with E-state index in [4.69, 9.17) is 4.74 Å². The van der Waals surface area contributed by atoms with Gasteiger partial charge < -0.3 is 15.4 Å². The zero-order valence-electron chi connectivity index (χ0n) is 9.41. The van der Waals surface area contributed by atoms with E-state index < -0.39 is 0 Å². The highest BCUT2D eigenvalue weighted by Gasteiger charge is 2.42. The summed E-state index contributed by atoms with van der Waals surface area (Å²) in [6.07, 6.45) is 2.27. The van der Waals surface area contributed by atoms with Crippen molar-refractivity contribution >= 4 is 5.69 Å². The molecule has 2 heterocycles. The van der Waals surface area contributed by atoms with Crippen molar-refractivity contribution in [3.05, 3.63) is 30.3 Å². The fourth-order valence-electron chi connectivity index (χ4n) is 2.73. The van der Waals surface area contributed by atoms with Crippen molar-refractivity contribution in [3.63, 3.8) is 0 Å². The first-order valence-electron chi connectivity index (χ1n) is 6.03. The van der Waals surface area contributed by atoms with Gasteiger partial charge in [0.05, 0.1) is 18.2 Å². The first-order chi connectivity index (χ1) is 7.86. The summed E-state index contributed by atoms with van der Waals surface area (Å²) in [5, 5.41) is 6.93. The van der Waals surface area contributed by atoms with E-state index in [0.717, 1.165) is 32.5 Å². The molecule has 16 heavy (non-hydrogen) atoms. The SMILES string of the molecule is c1ccc(N[C@@H]2CO[C@]3(CCNC3)C2)cc1. The minimum atomic E-state index is 0.118. The molecule has 2 atom stereocenters. The molecule has 0 saturated carbocycles. The molecule has 2 N–H and O–H groups in total. The molecule has 1 aromatic rings. The lowest BCUT2D eigenvalue weighted by Crippen LogP contribution is -2.31. The average molecular weight is 218 g/mol. The van der Waals surface area contributed by atoms with Gasteiger partial charge in [0.25, 0.3) is 0 Å². The topological polar surface area (TPSA) is 33.3 Å². The molecule has 3 nitrogen and oxygen atoms in total. The third kappa shape index (κ3) is 1.93. The van der Waals surface area contributed by atoms with Gasteiger partial charge in [0, 0.05) is 18.7 Å². The van der Waals surface area contributed by atoms with Gasteiger partial charge in [0.15, 0.2) is 0 Å². The van der Waals surface area contributed by atoms with E-state index in [2.05, 4.69) is 34.9 Å². The first-order valence-corrected chi connectivity index (χ1v) is 6.03. The maximum absolute atomic E-state index is 5.96. The van der Waals surface area contributed by atoms with Crippen molar-refractivity contribution in [1.82, 2.24) is 5.32 Å². The third-order valence-electron chi connectivity index (χ3n) is 3.56. The minimum absolute atomic E-state index is 0.118. The molecule has 1 aromatic carbocycles. The van der Waals surface area contributed by atoms with Crippen LogP contribution in [-0.4, -0.2) is 31.3 Å². The second kappa shape index (κ2) is 4.07. The molecular weight excluding hydrogens is 200 g/mol. The van der Waals surface area contributed by atoms with Crippen LogP contribution in [0.3, 0.4) is 0 Å². The fraction of sp³-hybridized carbons (Fsp3) is 0.538. The van der Waals surface area contributed by atoms with Gasteiger partial charge in [-0.15, -0.1) is 0 Å². The van der Waals surface area contributed by atoms with Crippen LogP contribution in [0.1, 0.15) is 12.8 Å². The molecule has 86 valence electrons. The summed E-state index contributed by atoms with van der Waals surface area (Å²) in [6.45, 7) is 2.94. The van der Waals surface area contributed by atoms with Crippen LogP contribution in [0.15, 0.2) is 30.3 Å². The summed E-state index contributed by atoms with van der Waals surface area (Å²) in [4.78, 5) is 0. The number of benzene rings is 1. The number of hydrogen-bond acceptors (Lipinski definition) is 3. The first kappa shape index (κ1) is 10.1. The van der Waals surface area contributed by atoms with Crippen molar-refractivity contribution < 1.29 is 4.74 Å². The van der Waals surface area contributed by atoms with E-state index >= 15 is 0 Å². The molecule has 0 radical (unpaired) electrons. The fourth-order valence-corrected chi connectivity index (χ4v) is 2.73. The summed E-state index contributed by atoms with van der Waals surface area (Å²) in [5.41, 5.74) is 1.31. The van der Waals surface area contributed by atoms with Crippen LogP contribution in [0, 0.1) is 0 Å². The zero-order chi connectivity index (χ0) is 10.8. The van der Waals surface area contributed by atoms with Crippen molar-refractivity contribution in [3.8, 4) is 0 Å². The van der Waals surface area contributed by atoms with Gasteiger partial charge in [-0.2, -0.15) is 0 Å². The number of para-hydroxylation sites is 1. The molecule has 0 unspecified atom stereocenters. The van der Waals surface area contributed by atoms with Crippen LogP contribution in [0.5, 0.6) is 0 Å². The second-order valence-corrected chi connectivity index (χ2v) is 4.83. The average Bonchev–Trinajstić information content (AvgIpc) is 2.92. The Bertz CT molecular complexity index is 346. The van der Waals surface area contributed by atoms with Gasteiger partial charge in [-0.3, -0.25) is 0 Å². The van der Waals surface area contributed by atoms with Crippen molar-refractivity contribution in [2.24, 2.45) is 0 Å². The van der Waals surface area contributed by atoms with Crippen molar-refractivity contribution in [1.29, 1.82) is 0 Å². The summed E-state index contributed by atoms with van der Waals surface area (Å²) >= 11 is 0. The number of anilines is 1. The van der Waals surface area contributed by atoms with Gasteiger partial charge in [0.1, 0.15) is 0 Å². The lowest BCUT2D eigenvalue weighted by Gasteiger charge is -2.20. The standard InChI is InChI=1S/C13H18N2O/c1-2-4-11(5-3-1)15-12-8-13(16-9-12)6-7-14-10-13/h1-5,12,14-15H,6-10H2/t12-,13+/m0/s1. The number of hydrogen-bond donors (Lipinski definition) is 2. The molecule has 3 rings (SSSR count). The van der Waals surface area contributed by atoms with E-state index in [0.29, 0.717) is 6.04 Å². The van der Waals surface area contributed by atoms with Crippen LogP contribution < -0.4 is 10.6 Å². The van der Waals surface area contributed by atoms with E-state index in [1.54, 1.807) is 0 Å². The van der Waals surface area contributed by atoms with Gasteiger partial charge in [-0.1, -0.05) is 18.2 Å². The predicted molar refractivity (Wildman–Crippen MR) is 64.6 cm³/mol. The van der Waals surface area contributed by atoms with Crippen molar-refractivity contribution in [2.75, 3.05) is 25.0 Å². The maximum atomic E-state index is 5.96. The third-order valence-corrected chi connectivity index (χ3v) is 3.56. The highest BCUT2D eigenvalue weighted by Crippen LogP contribution is 2.32. The molecule has 0 aromatic heterocycles. The summed E-state index contributed by atoms with van der Waals surface area (Å²) in [5.74, 6) is 0. The van der Waals surface area contributed by atoms with Crippen LogP contribution in [0.25, 0.3) is 0 Å². The molecule has 3 heteroatoms. The van der Waals surface area contributed by atoms with Crippen molar-refractivity contribution in [2.45, 2.75) is 24.5 Å². The molecule has 2 aliphatic heterocycles. The summed E-state index contributed by atoms with van der Waals surface area (Å²) in [6, 6.07) is 10.8. The maximum Gasteiger partial charge on any atom is 0.0839 e. The Morgan fingerprint density at radius 3 is 2.94 bits per heavy atom. The Kier molecular flexibility index (Phi) is 2.58. The highest BCUT2D eigenvalue weighted by molar-refractivity contribution is 5.43. The van der Waals surface area contributed by atoms with E-state index in [1.165, 1.54) is 5.69 Å². The molecule has 2 fully saturated rings. The quantitative estimate of drug-likeness (QED) is 0.791. The number of nitrogens with one attached hydrogen (secondary N) is 2. The largest absolute Gasteiger partial charge is 0.380 e. The Hall–Kier alpha value is -1.06. The Labute approximate surface area is 96.2 Å². The summed E-state index contributed by atoms with van der Waals surface area (Å²) in [7, 11) is 0. The minimum Gasteiger partial charge on any atom is -0.380 e. The van der Waals surface area contributed by atoms with Crippen LogP contribution in [0.4, 0.5) is 5.69 Å². The van der Waals surface area contributed by atoms with Gasteiger partial charge >= 0.3 is 0 Å².